The number of halogens is 1. The first kappa shape index (κ1) is 15.4. The molecule has 4 nitrogen and oxygen atoms in total. The zero-order valence-electron chi connectivity index (χ0n) is 13.1. The molecule has 3 aromatic rings. The van der Waals surface area contributed by atoms with E-state index in [1.807, 2.05) is 36.4 Å². The van der Waals surface area contributed by atoms with E-state index < -0.39 is 0 Å². The van der Waals surface area contributed by atoms with Crippen LogP contribution < -0.4 is 5.01 Å². The third-order valence-electron chi connectivity index (χ3n) is 4.03. The molecule has 1 aliphatic rings. The van der Waals surface area contributed by atoms with Gasteiger partial charge in [-0.1, -0.05) is 48.0 Å². The molecule has 0 radical (unpaired) electrons. The van der Waals surface area contributed by atoms with E-state index in [9.17, 15) is 9.59 Å². The highest BCUT2D eigenvalue weighted by Crippen LogP contribution is 2.34. The summed E-state index contributed by atoms with van der Waals surface area (Å²) in [4.78, 5) is 25.8. The summed E-state index contributed by atoms with van der Waals surface area (Å²) in [6.45, 7) is 0. The predicted octanol–water partition coefficient (Wildman–Crippen LogP) is 4.69. The Bertz CT molecular complexity index is 937. The van der Waals surface area contributed by atoms with Gasteiger partial charge in [0.15, 0.2) is 0 Å². The Kier molecular flexibility index (Phi) is 3.75. The summed E-state index contributed by atoms with van der Waals surface area (Å²) in [7, 11) is 0. The molecule has 0 atom stereocenters. The molecule has 0 fully saturated rings. The minimum absolute atomic E-state index is 0.357. The van der Waals surface area contributed by atoms with Gasteiger partial charge in [0.1, 0.15) is 0 Å². The highest BCUT2D eigenvalue weighted by molar-refractivity contribution is 6.31. The number of amides is 2. The van der Waals surface area contributed by atoms with E-state index >= 15 is 0 Å². The third-order valence-corrected chi connectivity index (χ3v) is 4.26. The molecule has 4 rings (SSSR count). The van der Waals surface area contributed by atoms with E-state index in [-0.39, 0.29) is 11.8 Å². The average Bonchev–Trinajstić information content (AvgIpc) is 2.89. The summed E-state index contributed by atoms with van der Waals surface area (Å²) in [6, 6.07) is 23.1. The Morgan fingerprint density at radius 2 is 1.24 bits per heavy atom. The lowest BCUT2D eigenvalue weighted by Gasteiger charge is -2.32. The van der Waals surface area contributed by atoms with Crippen LogP contribution in [0.1, 0.15) is 20.7 Å². The monoisotopic (exact) mass is 348 g/mol. The van der Waals surface area contributed by atoms with Gasteiger partial charge in [-0.15, -0.1) is 0 Å². The molecule has 2 amide bonds. The molecule has 0 aliphatic carbocycles. The van der Waals surface area contributed by atoms with Crippen molar-refractivity contribution in [1.82, 2.24) is 5.01 Å². The van der Waals surface area contributed by atoms with E-state index in [2.05, 4.69) is 0 Å². The molecule has 1 heterocycles. The van der Waals surface area contributed by atoms with Crippen LogP contribution in [-0.2, 0) is 0 Å². The van der Waals surface area contributed by atoms with Crippen LogP contribution in [0.5, 0.6) is 0 Å². The zero-order valence-corrected chi connectivity index (χ0v) is 13.9. The molecule has 5 heteroatoms. The summed E-state index contributed by atoms with van der Waals surface area (Å²) < 4.78 is 0. The molecule has 0 unspecified atom stereocenters. The first-order chi connectivity index (χ1) is 12.2. The number of carbonyl (C=O) groups is 2. The molecule has 0 saturated carbocycles. The number of carbonyl (C=O) groups excluding carboxylic acids is 2. The van der Waals surface area contributed by atoms with Crippen LogP contribution in [0.3, 0.4) is 0 Å². The predicted molar refractivity (Wildman–Crippen MR) is 97.0 cm³/mol. The first-order valence-electron chi connectivity index (χ1n) is 7.75. The SMILES string of the molecule is O=C1c2ccccc2C(=O)N1N(c1ccccc1)c1cccc(Cl)c1. The van der Waals surface area contributed by atoms with Crippen molar-refractivity contribution in [2.24, 2.45) is 0 Å². The molecule has 0 saturated heterocycles. The first-order valence-corrected chi connectivity index (χ1v) is 8.13. The minimum atomic E-state index is -0.357. The van der Waals surface area contributed by atoms with Gasteiger partial charge in [0.2, 0.25) is 0 Å². The highest BCUT2D eigenvalue weighted by Gasteiger charge is 2.40. The molecular formula is C20H13ClN2O2. The minimum Gasteiger partial charge on any atom is -0.267 e. The van der Waals surface area contributed by atoms with Gasteiger partial charge >= 0.3 is 0 Å². The standard InChI is InChI=1S/C20H13ClN2O2/c21-14-7-6-10-16(13-14)22(15-8-2-1-3-9-15)23-19(24)17-11-4-5-12-18(17)20(23)25/h1-13H. The second-order valence-corrected chi connectivity index (χ2v) is 6.03. The number of hydrogen-bond acceptors (Lipinski definition) is 3. The Labute approximate surface area is 149 Å². The fourth-order valence-electron chi connectivity index (χ4n) is 2.92. The zero-order chi connectivity index (χ0) is 17.4. The maximum absolute atomic E-state index is 12.9. The van der Waals surface area contributed by atoms with Crippen LogP contribution in [0.25, 0.3) is 0 Å². The van der Waals surface area contributed by atoms with Gasteiger partial charge in [-0.25, -0.2) is 5.01 Å². The van der Waals surface area contributed by atoms with Gasteiger partial charge in [0.05, 0.1) is 22.5 Å². The van der Waals surface area contributed by atoms with Crippen molar-refractivity contribution in [3.8, 4) is 0 Å². The van der Waals surface area contributed by atoms with Gasteiger partial charge in [-0.2, -0.15) is 5.01 Å². The Morgan fingerprint density at radius 1 is 0.680 bits per heavy atom. The van der Waals surface area contributed by atoms with Gasteiger partial charge in [-0.05, 0) is 42.5 Å². The number of anilines is 2. The van der Waals surface area contributed by atoms with E-state index in [0.29, 0.717) is 27.5 Å². The second kappa shape index (κ2) is 6.07. The van der Waals surface area contributed by atoms with E-state index in [0.717, 1.165) is 5.01 Å². The van der Waals surface area contributed by atoms with E-state index in [4.69, 9.17) is 11.6 Å². The lowest BCUT2D eigenvalue weighted by atomic mass is 10.1. The fourth-order valence-corrected chi connectivity index (χ4v) is 3.10. The Balaban J connectivity index is 1.88. The van der Waals surface area contributed by atoms with Gasteiger partial charge < -0.3 is 0 Å². The summed E-state index contributed by atoms with van der Waals surface area (Å²) in [5.41, 5.74) is 2.12. The molecule has 25 heavy (non-hydrogen) atoms. The van der Waals surface area contributed by atoms with E-state index in [1.54, 1.807) is 47.5 Å². The van der Waals surface area contributed by atoms with Crippen LogP contribution in [0.15, 0.2) is 78.9 Å². The molecule has 3 aromatic carbocycles. The van der Waals surface area contributed by atoms with Crippen molar-refractivity contribution in [2.45, 2.75) is 0 Å². The summed E-state index contributed by atoms with van der Waals surface area (Å²) in [5, 5.41) is 3.28. The average molecular weight is 349 g/mol. The number of imide groups is 1. The number of rotatable bonds is 3. The lowest BCUT2D eigenvalue weighted by Crippen LogP contribution is -2.43. The highest BCUT2D eigenvalue weighted by atomic mass is 35.5. The Morgan fingerprint density at radius 3 is 1.84 bits per heavy atom. The largest absolute Gasteiger partial charge is 0.281 e. The number of hydrazine groups is 1. The fraction of sp³-hybridized carbons (Fsp3) is 0. The molecule has 0 N–H and O–H groups in total. The number of benzene rings is 3. The van der Waals surface area contributed by atoms with Crippen molar-refractivity contribution in [2.75, 3.05) is 5.01 Å². The van der Waals surface area contributed by atoms with E-state index in [1.165, 1.54) is 0 Å². The van der Waals surface area contributed by atoms with Gasteiger partial charge in [0.25, 0.3) is 11.8 Å². The number of nitrogens with zero attached hydrogens (tertiary/aromatic N) is 2. The molecule has 0 bridgehead atoms. The molecule has 0 spiro atoms. The normalized spacial score (nSPS) is 13.1. The second-order valence-electron chi connectivity index (χ2n) is 5.59. The number of fused-ring (bicyclic) bond motifs is 1. The van der Waals surface area contributed by atoms with Crippen LogP contribution >= 0.6 is 11.6 Å². The molecular weight excluding hydrogens is 336 g/mol. The summed E-state index contributed by atoms with van der Waals surface area (Å²) >= 11 is 6.13. The number of para-hydroxylation sites is 1. The topological polar surface area (TPSA) is 40.6 Å². The third kappa shape index (κ3) is 2.57. The smallest absolute Gasteiger partial charge is 0.267 e. The molecule has 1 aliphatic heterocycles. The van der Waals surface area contributed by atoms with Crippen LogP contribution in [0, 0.1) is 0 Å². The lowest BCUT2D eigenvalue weighted by molar-refractivity contribution is 0.0654. The van der Waals surface area contributed by atoms with Crippen molar-refractivity contribution in [3.63, 3.8) is 0 Å². The van der Waals surface area contributed by atoms with Crippen molar-refractivity contribution in [3.05, 3.63) is 95.0 Å². The summed E-state index contributed by atoms with van der Waals surface area (Å²) in [6.07, 6.45) is 0. The van der Waals surface area contributed by atoms with Crippen molar-refractivity contribution >= 4 is 34.8 Å². The van der Waals surface area contributed by atoms with Crippen LogP contribution in [0.2, 0.25) is 5.02 Å². The quantitative estimate of drug-likeness (QED) is 0.645. The maximum Gasteiger partial charge on any atom is 0.281 e. The maximum atomic E-state index is 12.9. The van der Waals surface area contributed by atoms with Crippen molar-refractivity contribution in [1.29, 1.82) is 0 Å². The van der Waals surface area contributed by atoms with Gasteiger partial charge in [-0.3, -0.25) is 9.59 Å². The van der Waals surface area contributed by atoms with Crippen molar-refractivity contribution < 1.29 is 9.59 Å². The Hall–Kier alpha value is -3.11. The van der Waals surface area contributed by atoms with Gasteiger partial charge in [0, 0.05) is 5.02 Å². The molecule has 0 aromatic heterocycles. The van der Waals surface area contributed by atoms with Crippen LogP contribution in [-0.4, -0.2) is 16.8 Å². The number of hydrogen-bond donors (Lipinski definition) is 0. The molecule has 122 valence electrons. The van der Waals surface area contributed by atoms with Crippen LogP contribution in [0.4, 0.5) is 11.4 Å². The summed E-state index contributed by atoms with van der Waals surface area (Å²) in [5.74, 6) is -0.714.